The zero-order valence-electron chi connectivity index (χ0n) is 11.4. The molecular formula is C11H17N3O8. The van der Waals surface area contributed by atoms with Crippen molar-refractivity contribution in [3.63, 3.8) is 0 Å². The molecule has 2 atom stereocenters. The Morgan fingerprint density at radius 1 is 1.09 bits per heavy atom. The van der Waals surface area contributed by atoms with Gasteiger partial charge in [-0.25, -0.2) is 4.79 Å². The average Bonchev–Trinajstić information content (AvgIpc) is 2.72. The van der Waals surface area contributed by atoms with Gasteiger partial charge in [-0.05, 0) is 12.8 Å². The molecule has 0 aliphatic carbocycles. The van der Waals surface area contributed by atoms with Crippen LogP contribution in [0, 0.1) is 0 Å². The number of nitrogens with one attached hydrogen (secondary N) is 2. The number of carboxylic acid groups (broad SMARTS) is 3. The number of carbonyl (C=O) groups excluding carboxylic acids is 2. The Hall–Kier alpha value is -2.69. The summed E-state index contributed by atoms with van der Waals surface area (Å²) in [6.45, 7) is 0. The first-order valence-corrected chi connectivity index (χ1v) is 6.16. The average molecular weight is 319 g/mol. The number of carbonyl (C=O) groups is 5. The van der Waals surface area contributed by atoms with Crippen molar-refractivity contribution in [2.24, 2.45) is 5.73 Å². The standard InChI is InChI=1S/C6H8N2O4.C5H9NO4/c9-4(10)2-1-3-5(11)8-6(12)7-3;6-3(5(9)10)1-2-4(7)8/h3H,1-2H2,(H,9,10)(H2,7,8,11,12);3H,1-2,6H2,(H,7,8)(H,9,10)/t2*3-/m00/s1. The Bertz CT molecular complexity index is 464. The minimum atomic E-state index is -1.17. The van der Waals surface area contributed by atoms with Crippen LogP contribution in [0.2, 0.25) is 0 Å². The summed E-state index contributed by atoms with van der Waals surface area (Å²) < 4.78 is 0. The van der Waals surface area contributed by atoms with E-state index in [4.69, 9.17) is 21.1 Å². The lowest BCUT2D eigenvalue weighted by atomic mass is 10.1. The summed E-state index contributed by atoms with van der Waals surface area (Å²) in [6, 6.07) is -2.31. The molecule has 1 aliphatic rings. The summed E-state index contributed by atoms with van der Waals surface area (Å²) >= 11 is 0. The summed E-state index contributed by atoms with van der Waals surface area (Å²) in [5, 5.41) is 28.9. The van der Waals surface area contributed by atoms with Gasteiger partial charge in [0, 0.05) is 12.8 Å². The summed E-state index contributed by atoms with van der Waals surface area (Å²) in [4.78, 5) is 51.3. The molecule has 0 saturated carbocycles. The molecule has 22 heavy (non-hydrogen) atoms. The Morgan fingerprint density at radius 2 is 1.64 bits per heavy atom. The van der Waals surface area contributed by atoms with Crippen molar-refractivity contribution in [3.8, 4) is 0 Å². The van der Waals surface area contributed by atoms with E-state index in [2.05, 4.69) is 5.32 Å². The summed E-state index contributed by atoms with van der Waals surface area (Å²) in [6.07, 6.45) is -0.219. The second-order valence-electron chi connectivity index (χ2n) is 4.32. The molecule has 1 saturated heterocycles. The molecule has 3 amide bonds. The molecule has 1 rings (SSSR count). The summed E-state index contributed by atoms with van der Waals surface area (Å²) in [5.74, 6) is -3.64. The van der Waals surface area contributed by atoms with Gasteiger partial charge >= 0.3 is 23.9 Å². The monoisotopic (exact) mass is 319 g/mol. The van der Waals surface area contributed by atoms with E-state index in [0.717, 1.165) is 0 Å². The largest absolute Gasteiger partial charge is 0.481 e. The normalized spacial score (nSPS) is 17.6. The molecule has 1 heterocycles. The highest BCUT2D eigenvalue weighted by Gasteiger charge is 2.29. The second-order valence-corrected chi connectivity index (χ2v) is 4.32. The van der Waals surface area contributed by atoms with Gasteiger partial charge in [-0.15, -0.1) is 0 Å². The number of aliphatic carboxylic acids is 3. The van der Waals surface area contributed by atoms with E-state index >= 15 is 0 Å². The number of urea groups is 1. The van der Waals surface area contributed by atoms with Crippen LogP contribution >= 0.6 is 0 Å². The first-order valence-electron chi connectivity index (χ1n) is 6.16. The zero-order valence-corrected chi connectivity index (χ0v) is 11.4. The highest BCUT2D eigenvalue weighted by Crippen LogP contribution is 2.01. The smallest absolute Gasteiger partial charge is 0.322 e. The van der Waals surface area contributed by atoms with Gasteiger partial charge in [0.15, 0.2) is 0 Å². The van der Waals surface area contributed by atoms with Crippen LogP contribution < -0.4 is 16.4 Å². The lowest BCUT2D eigenvalue weighted by Gasteiger charge is -2.02. The summed E-state index contributed by atoms with van der Waals surface area (Å²) in [7, 11) is 0. The van der Waals surface area contributed by atoms with Gasteiger partial charge in [-0.3, -0.25) is 24.5 Å². The lowest BCUT2D eigenvalue weighted by molar-refractivity contribution is -0.140. The quantitative estimate of drug-likeness (QED) is 0.297. The molecule has 11 heteroatoms. The molecule has 0 unspecified atom stereocenters. The summed E-state index contributed by atoms with van der Waals surface area (Å²) in [5.41, 5.74) is 5.00. The molecule has 0 aromatic rings. The fraction of sp³-hybridized carbons (Fsp3) is 0.545. The molecule has 0 aromatic carbocycles. The SMILES string of the molecule is N[C@@H](CCC(=O)O)C(=O)O.O=C(O)CC[C@@H]1NC(=O)NC1=O. The van der Waals surface area contributed by atoms with Crippen LogP contribution in [0.25, 0.3) is 0 Å². The molecule has 0 spiro atoms. The number of amides is 3. The molecule has 0 aromatic heterocycles. The predicted molar refractivity (Wildman–Crippen MR) is 69.8 cm³/mol. The van der Waals surface area contributed by atoms with E-state index in [0.29, 0.717) is 0 Å². The molecule has 7 N–H and O–H groups in total. The van der Waals surface area contributed by atoms with E-state index in [1.807, 2.05) is 5.32 Å². The molecule has 1 fully saturated rings. The highest BCUT2D eigenvalue weighted by atomic mass is 16.4. The Labute approximate surface area is 124 Å². The third-order valence-electron chi connectivity index (χ3n) is 2.49. The topological polar surface area (TPSA) is 196 Å². The van der Waals surface area contributed by atoms with Crippen molar-refractivity contribution < 1.29 is 39.3 Å². The van der Waals surface area contributed by atoms with Crippen LogP contribution in [0.5, 0.6) is 0 Å². The Kier molecular flexibility index (Phi) is 8.15. The Morgan fingerprint density at radius 3 is 2.00 bits per heavy atom. The van der Waals surface area contributed by atoms with Gasteiger partial charge in [0.25, 0.3) is 5.91 Å². The maximum absolute atomic E-state index is 10.8. The van der Waals surface area contributed by atoms with Gasteiger partial charge in [0.05, 0.1) is 0 Å². The van der Waals surface area contributed by atoms with E-state index in [-0.39, 0.29) is 25.7 Å². The minimum Gasteiger partial charge on any atom is -0.481 e. The lowest BCUT2D eigenvalue weighted by Crippen LogP contribution is -2.30. The number of hydrogen-bond acceptors (Lipinski definition) is 6. The molecule has 0 bridgehead atoms. The number of rotatable bonds is 7. The van der Waals surface area contributed by atoms with Crippen molar-refractivity contribution in [1.29, 1.82) is 0 Å². The molecule has 124 valence electrons. The van der Waals surface area contributed by atoms with E-state index < -0.39 is 41.9 Å². The van der Waals surface area contributed by atoms with Crippen LogP contribution in [-0.2, 0) is 19.2 Å². The first-order chi connectivity index (χ1) is 10.1. The molecule has 11 nitrogen and oxygen atoms in total. The number of imide groups is 1. The van der Waals surface area contributed by atoms with E-state index in [1.54, 1.807) is 0 Å². The predicted octanol–water partition coefficient (Wildman–Crippen LogP) is -1.68. The van der Waals surface area contributed by atoms with Gasteiger partial charge in [0.1, 0.15) is 12.1 Å². The molecule has 1 aliphatic heterocycles. The third-order valence-corrected chi connectivity index (χ3v) is 2.49. The van der Waals surface area contributed by atoms with Gasteiger partial charge in [0.2, 0.25) is 0 Å². The van der Waals surface area contributed by atoms with Crippen molar-refractivity contribution in [1.82, 2.24) is 10.6 Å². The maximum Gasteiger partial charge on any atom is 0.322 e. The van der Waals surface area contributed by atoms with E-state index in [9.17, 15) is 24.0 Å². The van der Waals surface area contributed by atoms with Gasteiger partial charge in [-0.1, -0.05) is 0 Å². The van der Waals surface area contributed by atoms with Crippen LogP contribution in [0.1, 0.15) is 25.7 Å². The van der Waals surface area contributed by atoms with Gasteiger partial charge < -0.3 is 26.4 Å². The zero-order chi connectivity index (χ0) is 17.3. The fourth-order valence-corrected chi connectivity index (χ4v) is 1.33. The van der Waals surface area contributed by atoms with Crippen molar-refractivity contribution in [3.05, 3.63) is 0 Å². The number of nitrogens with two attached hydrogens (primary N) is 1. The van der Waals surface area contributed by atoms with Crippen LogP contribution in [0.4, 0.5) is 4.79 Å². The molecule has 0 radical (unpaired) electrons. The fourth-order valence-electron chi connectivity index (χ4n) is 1.33. The van der Waals surface area contributed by atoms with Crippen LogP contribution in [0.3, 0.4) is 0 Å². The third kappa shape index (κ3) is 8.47. The van der Waals surface area contributed by atoms with Gasteiger partial charge in [-0.2, -0.15) is 0 Å². The number of hydrogen-bond donors (Lipinski definition) is 6. The second kappa shape index (κ2) is 9.28. The maximum atomic E-state index is 10.8. The first kappa shape index (κ1) is 19.3. The van der Waals surface area contributed by atoms with E-state index in [1.165, 1.54) is 0 Å². The minimum absolute atomic E-state index is 0.0231. The number of carboxylic acids is 3. The van der Waals surface area contributed by atoms with Crippen molar-refractivity contribution in [2.45, 2.75) is 37.8 Å². The van der Waals surface area contributed by atoms with Crippen LogP contribution in [-0.4, -0.2) is 57.2 Å². The molecular weight excluding hydrogens is 302 g/mol. The van der Waals surface area contributed by atoms with Crippen molar-refractivity contribution in [2.75, 3.05) is 0 Å². The Balaban J connectivity index is 0.000000409. The van der Waals surface area contributed by atoms with Crippen molar-refractivity contribution >= 4 is 29.8 Å². The van der Waals surface area contributed by atoms with Crippen LogP contribution in [0.15, 0.2) is 0 Å². The highest BCUT2D eigenvalue weighted by molar-refractivity contribution is 6.04.